The van der Waals surface area contributed by atoms with Gasteiger partial charge in [-0.25, -0.2) is 0 Å². The Morgan fingerprint density at radius 1 is 1.32 bits per heavy atom. The number of carbonyl (C=O) groups is 1. The number of rotatable bonds is 7. The highest BCUT2D eigenvalue weighted by molar-refractivity contribution is 5.72. The molecule has 0 aliphatic rings. The fraction of sp³-hybridized carbons (Fsp3) is 0.400. The molecule has 0 aliphatic carbocycles. The Morgan fingerprint density at radius 2 is 1.89 bits per heavy atom. The van der Waals surface area contributed by atoms with Crippen molar-refractivity contribution in [2.45, 2.75) is 32.0 Å². The average Bonchev–Trinajstić information content (AvgIpc) is 2.37. The maximum absolute atomic E-state index is 11.2. The van der Waals surface area contributed by atoms with Crippen LogP contribution in [0.5, 0.6) is 0 Å². The zero-order valence-corrected chi connectivity index (χ0v) is 11.3. The lowest BCUT2D eigenvalue weighted by Gasteiger charge is -2.27. The summed E-state index contributed by atoms with van der Waals surface area (Å²) in [7, 11) is 0. The van der Waals surface area contributed by atoms with Gasteiger partial charge in [0.25, 0.3) is 0 Å². The van der Waals surface area contributed by atoms with E-state index >= 15 is 0 Å². The molecule has 0 bridgehead atoms. The molecule has 0 spiro atoms. The summed E-state index contributed by atoms with van der Waals surface area (Å²) in [6.07, 6.45) is 0.585. The van der Waals surface area contributed by atoms with Gasteiger partial charge in [0.05, 0.1) is 6.10 Å². The standard InChI is InChI=1S/C15H21NO3/c1-4-13(14(11(3)17)15(18)19)16-10(2)12-8-6-5-7-9-12/h4-11,13-14,16-17H,1H2,2-3H3,(H,18,19)/t10-,11-,13-,14-/m1/s1. The van der Waals surface area contributed by atoms with Gasteiger partial charge >= 0.3 is 5.97 Å². The maximum atomic E-state index is 11.2. The van der Waals surface area contributed by atoms with Crippen LogP contribution < -0.4 is 5.32 Å². The monoisotopic (exact) mass is 263 g/mol. The number of hydrogen-bond acceptors (Lipinski definition) is 3. The van der Waals surface area contributed by atoms with Crippen molar-refractivity contribution in [3.8, 4) is 0 Å². The number of carboxylic acids is 1. The van der Waals surface area contributed by atoms with Crippen molar-refractivity contribution in [1.82, 2.24) is 5.32 Å². The van der Waals surface area contributed by atoms with Crippen molar-refractivity contribution in [2.75, 3.05) is 0 Å². The van der Waals surface area contributed by atoms with Gasteiger partial charge in [-0.15, -0.1) is 6.58 Å². The van der Waals surface area contributed by atoms with Crippen LogP contribution in [0.2, 0.25) is 0 Å². The van der Waals surface area contributed by atoms with E-state index in [-0.39, 0.29) is 6.04 Å². The van der Waals surface area contributed by atoms with E-state index in [1.54, 1.807) is 0 Å². The summed E-state index contributed by atoms with van der Waals surface area (Å²) in [5.74, 6) is -1.95. The molecule has 3 N–H and O–H groups in total. The molecule has 0 aliphatic heterocycles. The minimum atomic E-state index is -1.03. The summed E-state index contributed by atoms with van der Waals surface area (Å²) in [6.45, 7) is 7.08. The number of hydrogen-bond donors (Lipinski definition) is 3. The molecule has 0 saturated heterocycles. The molecule has 0 saturated carbocycles. The normalized spacial score (nSPS) is 17.2. The van der Waals surface area contributed by atoms with Crippen LogP contribution in [0.15, 0.2) is 43.0 Å². The topological polar surface area (TPSA) is 69.6 Å². The molecule has 4 atom stereocenters. The first kappa shape index (κ1) is 15.4. The van der Waals surface area contributed by atoms with Gasteiger partial charge in [0.15, 0.2) is 0 Å². The molecule has 0 aromatic heterocycles. The van der Waals surface area contributed by atoms with Gasteiger partial charge in [0.1, 0.15) is 5.92 Å². The van der Waals surface area contributed by atoms with Crippen LogP contribution >= 0.6 is 0 Å². The van der Waals surface area contributed by atoms with Crippen LogP contribution in [0.25, 0.3) is 0 Å². The number of aliphatic hydroxyl groups is 1. The van der Waals surface area contributed by atoms with Crippen LogP contribution in [-0.2, 0) is 4.79 Å². The number of aliphatic hydroxyl groups excluding tert-OH is 1. The fourth-order valence-electron chi connectivity index (χ4n) is 2.10. The lowest BCUT2D eigenvalue weighted by Crippen LogP contribution is -2.44. The predicted molar refractivity (Wildman–Crippen MR) is 74.8 cm³/mol. The minimum absolute atomic E-state index is 0.0233. The molecule has 0 unspecified atom stereocenters. The zero-order valence-electron chi connectivity index (χ0n) is 11.3. The summed E-state index contributed by atoms with van der Waals surface area (Å²) < 4.78 is 0. The van der Waals surface area contributed by atoms with Crippen LogP contribution in [0.1, 0.15) is 25.5 Å². The van der Waals surface area contributed by atoms with Crippen molar-refractivity contribution in [2.24, 2.45) is 5.92 Å². The van der Waals surface area contributed by atoms with Crippen molar-refractivity contribution in [3.63, 3.8) is 0 Å². The Labute approximate surface area is 113 Å². The number of aliphatic carboxylic acids is 1. The number of nitrogens with one attached hydrogen (secondary N) is 1. The van der Waals surface area contributed by atoms with Crippen LogP contribution in [-0.4, -0.2) is 28.3 Å². The Balaban J connectivity index is 2.81. The van der Waals surface area contributed by atoms with Crippen molar-refractivity contribution in [3.05, 3.63) is 48.6 Å². The van der Waals surface area contributed by atoms with E-state index in [1.807, 2.05) is 37.3 Å². The number of carboxylic acid groups (broad SMARTS) is 1. The van der Waals surface area contributed by atoms with Crippen molar-refractivity contribution < 1.29 is 15.0 Å². The molecule has 4 nitrogen and oxygen atoms in total. The average molecular weight is 263 g/mol. The SMILES string of the molecule is C=C[C@@H](N[C@H](C)c1ccccc1)[C@H](C(=O)O)[C@@H](C)O. The van der Waals surface area contributed by atoms with Gasteiger partial charge < -0.3 is 15.5 Å². The smallest absolute Gasteiger partial charge is 0.311 e. The molecular weight excluding hydrogens is 242 g/mol. The number of benzene rings is 1. The summed E-state index contributed by atoms with van der Waals surface area (Å²) in [4.78, 5) is 11.2. The summed E-state index contributed by atoms with van der Waals surface area (Å²) in [5.41, 5.74) is 1.06. The van der Waals surface area contributed by atoms with E-state index in [9.17, 15) is 15.0 Å². The lowest BCUT2D eigenvalue weighted by molar-refractivity contribution is -0.146. The highest BCUT2D eigenvalue weighted by atomic mass is 16.4. The first-order chi connectivity index (χ1) is 8.97. The molecule has 0 heterocycles. The largest absolute Gasteiger partial charge is 0.481 e. The van der Waals surface area contributed by atoms with Crippen molar-refractivity contribution in [1.29, 1.82) is 0 Å². The molecule has 19 heavy (non-hydrogen) atoms. The van der Waals surface area contributed by atoms with E-state index in [1.165, 1.54) is 13.0 Å². The molecule has 4 heteroatoms. The van der Waals surface area contributed by atoms with Gasteiger partial charge in [-0.05, 0) is 19.4 Å². The van der Waals surface area contributed by atoms with E-state index in [2.05, 4.69) is 11.9 Å². The molecule has 1 aromatic rings. The van der Waals surface area contributed by atoms with Gasteiger partial charge in [-0.2, -0.15) is 0 Å². The Hall–Kier alpha value is -1.65. The maximum Gasteiger partial charge on any atom is 0.311 e. The highest BCUT2D eigenvalue weighted by Gasteiger charge is 2.31. The van der Waals surface area contributed by atoms with E-state index in [4.69, 9.17) is 0 Å². The second kappa shape index (κ2) is 7.07. The molecule has 0 radical (unpaired) electrons. The third kappa shape index (κ3) is 4.19. The Bertz CT molecular complexity index is 417. The van der Waals surface area contributed by atoms with Crippen LogP contribution in [0.4, 0.5) is 0 Å². The van der Waals surface area contributed by atoms with E-state index in [0.29, 0.717) is 0 Å². The van der Waals surface area contributed by atoms with E-state index in [0.717, 1.165) is 5.56 Å². The molecular formula is C15H21NO3. The van der Waals surface area contributed by atoms with Gasteiger partial charge in [-0.3, -0.25) is 4.79 Å². The van der Waals surface area contributed by atoms with Crippen molar-refractivity contribution >= 4 is 5.97 Å². The Morgan fingerprint density at radius 3 is 2.32 bits per heavy atom. The third-order valence-electron chi connectivity index (χ3n) is 3.19. The fourth-order valence-corrected chi connectivity index (χ4v) is 2.10. The first-order valence-electron chi connectivity index (χ1n) is 6.31. The molecule has 0 amide bonds. The quantitative estimate of drug-likeness (QED) is 0.658. The van der Waals surface area contributed by atoms with E-state index < -0.39 is 24.0 Å². The van der Waals surface area contributed by atoms with Gasteiger partial charge in [0, 0.05) is 12.1 Å². The second-order valence-corrected chi connectivity index (χ2v) is 4.67. The summed E-state index contributed by atoms with van der Waals surface area (Å²) in [6, 6.07) is 9.21. The van der Waals surface area contributed by atoms with Gasteiger partial charge in [-0.1, -0.05) is 36.4 Å². The second-order valence-electron chi connectivity index (χ2n) is 4.67. The molecule has 1 aromatic carbocycles. The summed E-state index contributed by atoms with van der Waals surface area (Å²) >= 11 is 0. The zero-order chi connectivity index (χ0) is 14.4. The lowest BCUT2D eigenvalue weighted by atomic mass is 9.93. The molecule has 104 valence electrons. The molecule has 1 rings (SSSR count). The van der Waals surface area contributed by atoms with Gasteiger partial charge in [0.2, 0.25) is 0 Å². The summed E-state index contributed by atoms with van der Waals surface area (Å²) in [5, 5.41) is 22.0. The van der Waals surface area contributed by atoms with Crippen LogP contribution in [0, 0.1) is 5.92 Å². The van der Waals surface area contributed by atoms with Crippen LogP contribution in [0.3, 0.4) is 0 Å². The predicted octanol–water partition coefficient (Wildman–Crippen LogP) is 1.97. The minimum Gasteiger partial charge on any atom is -0.481 e. The molecule has 0 fully saturated rings. The third-order valence-corrected chi connectivity index (χ3v) is 3.19. The first-order valence-corrected chi connectivity index (χ1v) is 6.31. The Kier molecular flexibility index (Phi) is 5.73. The highest BCUT2D eigenvalue weighted by Crippen LogP contribution is 2.17.